The van der Waals surface area contributed by atoms with Gasteiger partial charge in [-0.05, 0) is 48.7 Å². The zero-order valence-corrected chi connectivity index (χ0v) is 16.4. The lowest BCUT2D eigenvalue weighted by Gasteiger charge is -2.09. The molecule has 28 heavy (non-hydrogen) atoms. The maximum Gasteiger partial charge on any atom is 0.255 e. The van der Waals surface area contributed by atoms with Crippen molar-refractivity contribution in [3.05, 3.63) is 65.0 Å². The average molecular weight is 376 g/mol. The molecule has 0 aliphatic rings. The molecule has 0 radical (unpaired) electrons. The maximum atomic E-state index is 12.6. The first-order valence-corrected chi connectivity index (χ1v) is 9.44. The monoisotopic (exact) mass is 376 g/mol. The molecule has 2 amide bonds. The Morgan fingerprint density at radius 2 is 1.54 bits per heavy atom. The normalized spacial score (nSPS) is 10.7. The molecule has 6 nitrogen and oxygen atoms in total. The van der Waals surface area contributed by atoms with Gasteiger partial charge in [0.05, 0.1) is 28.8 Å². The number of anilines is 1. The lowest BCUT2D eigenvalue weighted by molar-refractivity contribution is -0.119. The number of carbonyl (C=O) groups is 2. The summed E-state index contributed by atoms with van der Waals surface area (Å²) in [6, 6.07) is 12.6. The van der Waals surface area contributed by atoms with Gasteiger partial charge in [0.25, 0.3) is 5.91 Å². The molecule has 0 fully saturated rings. The summed E-state index contributed by atoms with van der Waals surface area (Å²) >= 11 is 0. The van der Waals surface area contributed by atoms with Gasteiger partial charge < -0.3 is 10.6 Å². The van der Waals surface area contributed by atoms with Gasteiger partial charge in [-0.2, -0.15) is 0 Å². The van der Waals surface area contributed by atoms with Gasteiger partial charge in [0.1, 0.15) is 0 Å². The Morgan fingerprint density at radius 3 is 2.14 bits per heavy atom. The van der Waals surface area contributed by atoms with Gasteiger partial charge in [0.15, 0.2) is 0 Å². The van der Waals surface area contributed by atoms with Crippen LogP contribution in [-0.2, 0) is 24.1 Å². The molecule has 1 heterocycles. The Balaban J connectivity index is 1.78. The van der Waals surface area contributed by atoms with Crippen LogP contribution in [0.2, 0.25) is 0 Å². The quantitative estimate of drug-likeness (QED) is 0.691. The van der Waals surface area contributed by atoms with E-state index in [9.17, 15) is 9.59 Å². The van der Waals surface area contributed by atoms with E-state index in [1.807, 2.05) is 18.2 Å². The number of benzene rings is 2. The number of hydrogen-bond acceptors (Lipinski definition) is 4. The highest BCUT2D eigenvalue weighted by Crippen LogP contribution is 2.18. The van der Waals surface area contributed by atoms with Crippen LogP contribution in [0.5, 0.6) is 0 Å². The molecule has 0 saturated heterocycles. The van der Waals surface area contributed by atoms with Gasteiger partial charge >= 0.3 is 0 Å². The van der Waals surface area contributed by atoms with Crippen LogP contribution in [-0.4, -0.2) is 28.8 Å². The van der Waals surface area contributed by atoms with Crippen LogP contribution >= 0.6 is 0 Å². The molecule has 0 unspecified atom stereocenters. The molecule has 0 saturated carbocycles. The number of nitrogens with one attached hydrogen (secondary N) is 2. The van der Waals surface area contributed by atoms with Crippen LogP contribution in [0.3, 0.4) is 0 Å². The molecule has 3 rings (SSSR count). The minimum absolute atomic E-state index is 0.0493. The van der Waals surface area contributed by atoms with E-state index in [1.165, 1.54) is 0 Å². The van der Waals surface area contributed by atoms with Crippen LogP contribution < -0.4 is 10.6 Å². The molecule has 1 aromatic heterocycles. The van der Waals surface area contributed by atoms with Crippen molar-refractivity contribution in [2.75, 3.05) is 12.4 Å². The summed E-state index contributed by atoms with van der Waals surface area (Å²) in [4.78, 5) is 33.4. The topological polar surface area (TPSA) is 84.0 Å². The van der Waals surface area contributed by atoms with Crippen molar-refractivity contribution in [2.24, 2.45) is 0 Å². The van der Waals surface area contributed by atoms with Gasteiger partial charge in [-0.25, -0.2) is 9.97 Å². The Bertz CT molecular complexity index is 1010. The number of aryl methyl sites for hydroxylation is 2. The molecule has 144 valence electrons. The third kappa shape index (κ3) is 4.34. The predicted octanol–water partition coefficient (Wildman–Crippen LogP) is 3.30. The van der Waals surface area contributed by atoms with Crippen molar-refractivity contribution in [1.82, 2.24) is 15.3 Å². The fourth-order valence-electron chi connectivity index (χ4n) is 3.02. The third-order valence-corrected chi connectivity index (χ3v) is 4.61. The molecular formula is C22H24N4O2. The van der Waals surface area contributed by atoms with Crippen molar-refractivity contribution in [3.8, 4) is 0 Å². The summed E-state index contributed by atoms with van der Waals surface area (Å²) in [6.45, 7) is 4.12. The summed E-state index contributed by atoms with van der Waals surface area (Å²) in [5, 5.41) is 5.47. The molecule has 6 heteroatoms. The van der Waals surface area contributed by atoms with Gasteiger partial charge in [-0.15, -0.1) is 0 Å². The summed E-state index contributed by atoms with van der Waals surface area (Å²) in [5.41, 5.74) is 5.59. The zero-order valence-electron chi connectivity index (χ0n) is 16.4. The summed E-state index contributed by atoms with van der Waals surface area (Å²) in [6.07, 6.45) is 1.96. The van der Waals surface area contributed by atoms with Crippen molar-refractivity contribution < 1.29 is 9.59 Å². The number of fused-ring (bicyclic) bond motifs is 1. The zero-order chi connectivity index (χ0) is 20.1. The number of hydrogen-bond donors (Lipinski definition) is 2. The second-order valence-electron chi connectivity index (χ2n) is 6.53. The average Bonchev–Trinajstić information content (AvgIpc) is 2.73. The SMILES string of the molecule is CCc1nc2ccc(C(=O)Nc3ccc(CC(=O)NC)cc3)cc2nc1CC. The second kappa shape index (κ2) is 8.61. The Hall–Kier alpha value is -3.28. The number of aromatic nitrogens is 2. The molecule has 0 spiro atoms. The highest BCUT2D eigenvalue weighted by molar-refractivity contribution is 6.05. The fraction of sp³-hybridized carbons (Fsp3) is 0.273. The number of amides is 2. The molecule has 2 aromatic carbocycles. The number of nitrogens with zero attached hydrogens (tertiary/aromatic N) is 2. The maximum absolute atomic E-state index is 12.6. The van der Waals surface area contributed by atoms with Crippen LogP contribution in [0.15, 0.2) is 42.5 Å². The van der Waals surface area contributed by atoms with Gasteiger partial charge in [-0.3, -0.25) is 9.59 Å². The van der Waals surface area contributed by atoms with Crippen LogP contribution in [0.1, 0.15) is 41.2 Å². The predicted molar refractivity (Wildman–Crippen MR) is 110 cm³/mol. The van der Waals surface area contributed by atoms with Gasteiger partial charge in [0.2, 0.25) is 5.91 Å². The highest BCUT2D eigenvalue weighted by Gasteiger charge is 2.11. The lowest BCUT2D eigenvalue weighted by atomic mass is 10.1. The molecule has 0 bridgehead atoms. The molecule has 0 atom stereocenters. The smallest absolute Gasteiger partial charge is 0.255 e. The Kier molecular flexibility index (Phi) is 5.99. The summed E-state index contributed by atoms with van der Waals surface area (Å²) in [7, 11) is 1.61. The van der Waals surface area contributed by atoms with Crippen LogP contribution in [0, 0.1) is 0 Å². The first-order valence-electron chi connectivity index (χ1n) is 9.44. The van der Waals surface area contributed by atoms with Crippen molar-refractivity contribution >= 4 is 28.5 Å². The van der Waals surface area contributed by atoms with Crippen molar-refractivity contribution in [2.45, 2.75) is 33.1 Å². The Morgan fingerprint density at radius 1 is 0.893 bits per heavy atom. The van der Waals surface area contributed by atoms with Crippen molar-refractivity contribution in [1.29, 1.82) is 0 Å². The van der Waals surface area contributed by atoms with E-state index in [0.29, 0.717) is 17.7 Å². The van der Waals surface area contributed by atoms with E-state index < -0.39 is 0 Å². The first kappa shape index (κ1) is 19.5. The molecule has 0 aliphatic heterocycles. The van der Waals surface area contributed by atoms with E-state index >= 15 is 0 Å². The summed E-state index contributed by atoms with van der Waals surface area (Å²) in [5.74, 6) is -0.257. The molecule has 3 aromatic rings. The fourth-order valence-corrected chi connectivity index (χ4v) is 3.02. The number of likely N-dealkylation sites (N-methyl/N-ethyl adjacent to an activating group) is 1. The first-order chi connectivity index (χ1) is 13.5. The van der Waals surface area contributed by atoms with Crippen molar-refractivity contribution in [3.63, 3.8) is 0 Å². The number of rotatable bonds is 6. The molecular weight excluding hydrogens is 352 g/mol. The van der Waals surface area contributed by atoms with E-state index in [2.05, 4.69) is 34.4 Å². The molecule has 2 N–H and O–H groups in total. The minimum atomic E-state index is -0.208. The third-order valence-electron chi connectivity index (χ3n) is 4.61. The summed E-state index contributed by atoms with van der Waals surface area (Å²) < 4.78 is 0. The standard InChI is InChI=1S/C22H24N4O2/c1-4-17-18(5-2)26-20-13-15(8-11-19(20)25-17)22(28)24-16-9-6-14(7-10-16)12-21(27)23-3/h6-11,13H,4-5,12H2,1-3H3,(H,23,27)(H,24,28). The van der Waals surface area contributed by atoms with E-state index in [-0.39, 0.29) is 11.8 Å². The minimum Gasteiger partial charge on any atom is -0.359 e. The van der Waals surface area contributed by atoms with Gasteiger partial charge in [0, 0.05) is 18.3 Å². The van der Waals surface area contributed by atoms with Crippen LogP contribution in [0.25, 0.3) is 11.0 Å². The Labute approximate surface area is 164 Å². The molecule has 0 aliphatic carbocycles. The van der Waals surface area contributed by atoms with Gasteiger partial charge in [-0.1, -0.05) is 26.0 Å². The van der Waals surface area contributed by atoms with Crippen LogP contribution in [0.4, 0.5) is 5.69 Å². The van der Waals surface area contributed by atoms with E-state index in [0.717, 1.165) is 40.8 Å². The second-order valence-corrected chi connectivity index (χ2v) is 6.53. The lowest BCUT2D eigenvalue weighted by Crippen LogP contribution is -2.19. The largest absolute Gasteiger partial charge is 0.359 e. The highest BCUT2D eigenvalue weighted by atomic mass is 16.2. The van der Waals surface area contributed by atoms with E-state index in [4.69, 9.17) is 0 Å². The van der Waals surface area contributed by atoms with E-state index in [1.54, 1.807) is 31.3 Å². The number of carbonyl (C=O) groups excluding carboxylic acids is 2.